The lowest BCUT2D eigenvalue weighted by atomic mass is 9.78. The lowest BCUT2D eigenvalue weighted by Crippen LogP contribution is -2.61. The van der Waals surface area contributed by atoms with Crippen molar-refractivity contribution in [3.63, 3.8) is 0 Å². The molecule has 0 aliphatic carbocycles. The number of nitrogens with one attached hydrogen (secondary N) is 3. The Hall–Kier alpha value is -3.47. The highest BCUT2D eigenvalue weighted by Gasteiger charge is 2.52. The number of aromatic nitrogens is 1. The van der Waals surface area contributed by atoms with E-state index in [2.05, 4.69) is 20.9 Å². The number of amides is 4. The van der Waals surface area contributed by atoms with E-state index in [1.54, 1.807) is 18.2 Å². The molecular weight excluding hydrogens is 441 g/mol. The summed E-state index contributed by atoms with van der Waals surface area (Å²) < 4.78 is 43.8. The quantitative estimate of drug-likeness (QED) is 0.592. The molecule has 0 bridgehead atoms. The molecule has 4 amide bonds. The summed E-state index contributed by atoms with van der Waals surface area (Å²) in [5.41, 5.74) is -1.42. The summed E-state index contributed by atoms with van der Waals surface area (Å²) in [6.45, 7) is 0.730. The van der Waals surface area contributed by atoms with Crippen molar-refractivity contribution in [3.8, 4) is 11.1 Å². The molecule has 2 aromatic rings. The van der Waals surface area contributed by atoms with Gasteiger partial charge in [0.15, 0.2) is 0 Å². The van der Waals surface area contributed by atoms with Crippen LogP contribution in [0.2, 0.25) is 0 Å². The van der Waals surface area contributed by atoms with Gasteiger partial charge in [0.25, 0.3) is 11.8 Å². The lowest BCUT2D eigenvalue weighted by molar-refractivity contribution is -0.141. The molecule has 2 fully saturated rings. The van der Waals surface area contributed by atoms with E-state index >= 15 is 0 Å². The van der Waals surface area contributed by atoms with Gasteiger partial charge in [0.1, 0.15) is 11.2 Å². The van der Waals surface area contributed by atoms with Crippen molar-refractivity contribution in [2.75, 3.05) is 19.8 Å². The van der Waals surface area contributed by atoms with E-state index < -0.39 is 35.3 Å². The van der Waals surface area contributed by atoms with E-state index in [1.165, 1.54) is 12.1 Å². The first kappa shape index (κ1) is 22.7. The van der Waals surface area contributed by atoms with Gasteiger partial charge in [-0.15, -0.1) is 0 Å². The van der Waals surface area contributed by atoms with Crippen molar-refractivity contribution >= 4 is 17.8 Å². The van der Waals surface area contributed by atoms with Crippen molar-refractivity contribution in [2.45, 2.75) is 24.6 Å². The highest BCUT2D eigenvalue weighted by Crippen LogP contribution is 2.31. The van der Waals surface area contributed by atoms with Crippen LogP contribution in [0, 0.1) is 5.92 Å². The predicted octanol–water partition coefficient (Wildman–Crippen LogP) is 2.50. The Kier molecular flexibility index (Phi) is 6.07. The first-order valence-electron chi connectivity index (χ1n) is 10.3. The minimum atomic E-state index is -4.57. The smallest absolute Gasteiger partial charge is 0.381 e. The van der Waals surface area contributed by atoms with Gasteiger partial charge in [-0.25, -0.2) is 4.79 Å². The monoisotopic (exact) mass is 462 g/mol. The summed E-state index contributed by atoms with van der Waals surface area (Å²) in [6, 6.07) is 7.86. The summed E-state index contributed by atoms with van der Waals surface area (Å²) in [5.74, 6) is -1.28. The van der Waals surface area contributed by atoms with Crippen molar-refractivity contribution < 1.29 is 32.3 Å². The fraction of sp³-hybridized carbons (Fsp3) is 0.364. The van der Waals surface area contributed by atoms with E-state index in [0.29, 0.717) is 37.2 Å². The number of halogens is 3. The zero-order valence-corrected chi connectivity index (χ0v) is 17.4. The molecule has 0 radical (unpaired) electrons. The van der Waals surface area contributed by atoms with Gasteiger partial charge < -0.3 is 15.4 Å². The summed E-state index contributed by atoms with van der Waals surface area (Å²) in [6.07, 6.45) is -2.43. The molecule has 3 N–H and O–H groups in total. The molecule has 0 saturated carbocycles. The molecule has 1 atom stereocenters. The molecular formula is C22H21F3N4O4. The lowest BCUT2D eigenvalue weighted by Gasteiger charge is -2.37. The number of rotatable bonds is 5. The number of imide groups is 1. The van der Waals surface area contributed by atoms with E-state index in [9.17, 15) is 27.6 Å². The molecule has 0 spiro atoms. The number of nitrogens with zero attached hydrogens (tertiary/aromatic N) is 1. The second-order valence-corrected chi connectivity index (χ2v) is 7.92. The standard InChI is InChI=1S/C22H21F3N4O4/c23-22(24,25)17-6-5-13(11-26-17)15-3-1-2-4-16(15)18(30)27-12-21(14-7-9-33-10-8-14)19(31)28-20(32)29-21/h1-6,11,14H,7-10,12H2,(H,27,30)(H2,28,29,31,32)/t21-/m0/s1. The molecule has 174 valence electrons. The van der Waals surface area contributed by atoms with Crippen LogP contribution in [0.4, 0.5) is 18.0 Å². The minimum absolute atomic E-state index is 0.145. The van der Waals surface area contributed by atoms with Crippen molar-refractivity contribution in [1.82, 2.24) is 20.9 Å². The number of carbonyl (C=O) groups is 3. The predicted molar refractivity (Wildman–Crippen MR) is 110 cm³/mol. The molecule has 2 aliphatic rings. The molecule has 2 saturated heterocycles. The van der Waals surface area contributed by atoms with Gasteiger partial charge in [-0.05, 0) is 36.5 Å². The van der Waals surface area contributed by atoms with Crippen LogP contribution >= 0.6 is 0 Å². The normalized spacial score (nSPS) is 21.4. The van der Waals surface area contributed by atoms with Crippen LogP contribution in [-0.2, 0) is 15.7 Å². The third kappa shape index (κ3) is 4.54. The highest BCUT2D eigenvalue weighted by atomic mass is 19.4. The first-order valence-corrected chi connectivity index (χ1v) is 10.3. The van der Waals surface area contributed by atoms with E-state index in [1.807, 2.05) is 0 Å². The fourth-order valence-corrected chi connectivity index (χ4v) is 4.22. The van der Waals surface area contributed by atoms with Gasteiger partial charge in [-0.1, -0.05) is 24.3 Å². The van der Waals surface area contributed by atoms with Gasteiger partial charge in [0.05, 0.1) is 6.54 Å². The molecule has 11 heteroatoms. The number of pyridine rings is 1. The van der Waals surface area contributed by atoms with Crippen LogP contribution in [0.3, 0.4) is 0 Å². The molecule has 1 aromatic carbocycles. The molecule has 1 aromatic heterocycles. The van der Waals surface area contributed by atoms with E-state index in [0.717, 1.165) is 12.3 Å². The number of alkyl halides is 3. The maximum atomic E-state index is 13.1. The van der Waals surface area contributed by atoms with Crippen LogP contribution in [-0.4, -0.2) is 48.1 Å². The molecule has 33 heavy (non-hydrogen) atoms. The van der Waals surface area contributed by atoms with E-state index in [-0.39, 0.29) is 18.0 Å². The molecule has 2 aliphatic heterocycles. The number of benzene rings is 1. The Bertz CT molecular complexity index is 1070. The number of hydrogen-bond acceptors (Lipinski definition) is 5. The Morgan fingerprint density at radius 2 is 1.88 bits per heavy atom. The topological polar surface area (TPSA) is 109 Å². The maximum absolute atomic E-state index is 13.1. The van der Waals surface area contributed by atoms with Crippen LogP contribution < -0.4 is 16.0 Å². The van der Waals surface area contributed by atoms with Gasteiger partial charge >= 0.3 is 12.2 Å². The van der Waals surface area contributed by atoms with Gasteiger partial charge in [0, 0.05) is 30.5 Å². The first-order chi connectivity index (χ1) is 15.7. The van der Waals surface area contributed by atoms with Crippen LogP contribution in [0.5, 0.6) is 0 Å². The van der Waals surface area contributed by atoms with Gasteiger partial charge in [-0.2, -0.15) is 13.2 Å². The van der Waals surface area contributed by atoms with E-state index in [4.69, 9.17) is 4.74 Å². The number of ether oxygens (including phenoxy) is 1. The SMILES string of the molecule is O=C1NC(=O)[C@](CNC(=O)c2ccccc2-c2ccc(C(F)(F)F)nc2)(C2CCOCC2)N1. The Morgan fingerprint density at radius 3 is 2.48 bits per heavy atom. The zero-order valence-electron chi connectivity index (χ0n) is 17.4. The van der Waals surface area contributed by atoms with Crippen molar-refractivity contribution in [1.29, 1.82) is 0 Å². The summed E-state index contributed by atoms with van der Waals surface area (Å²) >= 11 is 0. The second kappa shape index (κ2) is 8.81. The van der Waals surface area contributed by atoms with Crippen LogP contribution in [0.1, 0.15) is 28.9 Å². The summed E-state index contributed by atoms with van der Waals surface area (Å²) in [4.78, 5) is 41.1. The summed E-state index contributed by atoms with van der Waals surface area (Å²) in [7, 11) is 0. The Morgan fingerprint density at radius 1 is 1.15 bits per heavy atom. The third-order valence-electron chi connectivity index (χ3n) is 5.95. The number of hydrogen-bond donors (Lipinski definition) is 3. The molecule has 0 unspecified atom stereocenters. The Balaban J connectivity index is 1.56. The fourth-order valence-electron chi connectivity index (χ4n) is 4.22. The average molecular weight is 462 g/mol. The van der Waals surface area contributed by atoms with Crippen LogP contribution in [0.15, 0.2) is 42.6 Å². The Labute approximate surface area is 186 Å². The number of carbonyl (C=O) groups excluding carboxylic acids is 3. The molecule has 4 rings (SSSR count). The van der Waals surface area contributed by atoms with Gasteiger partial charge in [-0.3, -0.25) is 19.9 Å². The molecule has 3 heterocycles. The highest BCUT2D eigenvalue weighted by molar-refractivity contribution is 6.08. The number of urea groups is 1. The molecule has 8 nitrogen and oxygen atoms in total. The van der Waals surface area contributed by atoms with Crippen molar-refractivity contribution in [3.05, 3.63) is 53.9 Å². The average Bonchev–Trinajstić information content (AvgIpc) is 3.11. The van der Waals surface area contributed by atoms with Crippen molar-refractivity contribution in [2.24, 2.45) is 5.92 Å². The maximum Gasteiger partial charge on any atom is 0.433 e. The zero-order chi connectivity index (χ0) is 23.6. The van der Waals surface area contributed by atoms with Gasteiger partial charge in [0.2, 0.25) is 0 Å². The minimum Gasteiger partial charge on any atom is -0.381 e. The third-order valence-corrected chi connectivity index (χ3v) is 5.95. The second-order valence-electron chi connectivity index (χ2n) is 7.92. The van der Waals surface area contributed by atoms with Crippen LogP contribution in [0.25, 0.3) is 11.1 Å². The summed E-state index contributed by atoms with van der Waals surface area (Å²) in [5, 5.41) is 7.64. The largest absolute Gasteiger partial charge is 0.433 e.